The fourth-order valence-electron chi connectivity index (χ4n) is 9.89. The monoisotopic (exact) mass is 1070 g/mol. The van der Waals surface area contributed by atoms with E-state index in [-0.39, 0.29) is 39.0 Å². The third-order valence-electron chi connectivity index (χ3n) is 13.7. The molecule has 0 unspecified atom stereocenters. The molecule has 3 aromatic heterocycles. The summed E-state index contributed by atoms with van der Waals surface area (Å²) in [6.45, 7) is 6.30. The number of benzene rings is 11. The number of ether oxygens (including phenoxy) is 1. The van der Waals surface area contributed by atoms with Crippen LogP contribution in [0.1, 0.15) is 64.7 Å². The molecule has 5 nitrogen and oxygen atoms in total. The lowest BCUT2D eigenvalue weighted by Crippen LogP contribution is -2.31. The maximum atomic E-state index is 10.5. The molecule has 0 bridgehead atoms. The molecule has 0 aliphatic carbocycles. The Morgan fingerprint density at radius 2 is 1.00 bits per heavy atom. The first kappa shape index (κ1) is 27.5. The first-order valence-corrected chi connectivity index (χ1v) is 25.4. The summed E-state index contributed by atoms with van der Waals surface area (Å²) in [6.07, 6.45) is 5.05. The Labute approximate surface area is 511 Å². The third kappa shape index (κ3) is 9.35. The van der Waals surface area contributed by atoms with E-state index in [1.165, 1.54) is 27.3 Å². The summed E-state index contributed by atoms with van der Waals surface area (Å²) in [5.41, 5.74) is -5.54. The number of hydrogen-bond donors (Lipinski definition) is 0. The van der Waals surface area contributed by atoms with Crippen LogP contribution in [0.25, 0.3) is 117 Å². The Bertz CT molecular complexity index is 6140. The molecule has 0 atom stereocenters. The van der Waals surface area contributed by atoms with E-state index < -0.39 is 231 Å². The van der Waals surface area contributed by atoms with Crippen LogP contribution in [0.5, 0.6) is 11.5 Å². The minimum absolute atomic E-state index is 0.00470. The van der Waals surface area contributed by atoms with Crippen LogP contribution in [-0.2, 0) is 5.41 Å². The fourth-order valence-corrected chi connectivity index (χ4v) is 9.89. The lowest BCUT2D eigenvalue weighted by molar-refractivity contribution is -0.571. The highest BCUT2D eigenvalue weighted by atomic mass is 16.5. The molecule has 0 radical (unpaired) electrons. The summed E-state index contributed by atoms with van der Waals surface area (Å²) in [7, 11) is 0. The molecular formula is C76H56N4O. The molecule has 0 amide bonds. The van der Waals surface area contributed by atoms with E-state index in [4.69, 9.17) is 27.5 Å². The molecule has 0 aliphatic heterocycles. The van der Waals surface area contributed by atoms with E-state index in [1.54, 1.807) is 36.5 Å². The van der Waals surface area contributed by atoms with Crippen molar-refractivity contribution in [2.75, 3.05) is 0 Å². The van der Waals surface area contributed by atoms with Gasteiger partial charge < -0.3 is 4.74 Å². The first-order chi connectivity index (χ1) is 51.4. The standard InChI is InChI=1S/C76H56N4O/c1-76(2,3)62-40-41-77-74(48-62)80-70-35-20-19-34-66(70)67-38-37-65(50-72(67)80)81-64-33-21-32-63(49-64)78-51-79(71-39-36-57(47-73(71)78)52-22-9-4-10-23-52)75-68(56-30-17-8-18-31-56)45-60(55-28-15-7-16-29-55)46-69(75)61-43-58(53-24-11-5-12-25-53)42-59(44-61)54-26-13-6-14-27-54/h4-50H,1-3H3/i4D,5D,6D,7D,8D,9D,10D,11D,12D,13D,14D,15D,16D,17D,18D,22D,23D,24D,25D,26D,27D,28D,29D,30D,31D,42D,43D,44D. The van der Waals surface area contributed by atoms with Gasteiger partial charge in [-0.05, 0) is 163 Å². The Kier molecular flexibility index (Phi) is 6.94. The Morgan fingerprint density at radius 1 is 0.444 bits per heavy atom. The minimum atomic E-state index is -1.08. The molecule has 0 N–H and O–H groups in total. The van der Waals surface area contributed by atoms with Crippen molar-refractivity contribution >= 4 is 32.8 Å². The van der Waals surface area contributed by atoms with Crippen molar-refractivity contribution in [2.45, 2.75) is 26.2 Å². The summed E-state index contributed by atoms with van der Waals surface area (Å²) in [6, 6.07) is 4.73. The minimum Gasteiger partial charge on any atom is -0.458 e. The largest absolute Gasteiger partial charge is 0.458 e. The number of rotatable bonds is 11. The highest BCUT2D eigenvalue weighted by molar-refractivity contribution is 6.09. The quantitative estimate of drug-likeness (QED) is 0.0956. The average Bonchev–Trinajstić information content (AvgIpc) is 1.71. The summed E-state index contributed by atoms with van der Waals surface area (Å²) >= 11 is 0. The number of fused-ring (bicyclic) bond motifs is 4. The lowest BCUT2D eigenvalue weighted by atomic mass is 9.88. The molecule has 0 saturated heterocycles. The number of pyridine rings is 1. The number of para-hydroxylation sites is 1. The van der Waals surface area contributed by atoms with Crippen LogP contribution in [0.4, 0.5) is 0 Å². The van der Waals surface area contributed by atoms with Crippen LogP contribution in [0, 0.1) is 6.33 Å². The van der Waals surface area contributed by atoms with Crippen molar-refractivity contribution in [3.8, 4) is 95.5 Å². The van der Waals surface area contributed by atoms with Gasteiger partial charge >= 0.3 is 0 Å². The van der Waals surface area contributed by atoms with Gasteiger partial charge in [-0.25, -0.2) is 4.98 Å². The predicted octanol–water partition coefficient (Wildman–Crippen LogP) is 19.3. The SMILES string of the molecule is [2H]c1c([2H])c([2H])c(-c2cc(-c3c([2H])c([2H])c([2H])c([2H])c3[2H])c(-[n+]3[c-]n(-c4cccc(Oc5ccc6c7ccccc7n(-c7cc(C(C)(C)C)ccn7)c6c5)c4)c4cc(-c5c([2H])c([2H])c([2H])c([2H])c5[2H])ccc43)c(-c3c([2H])c(-c4c([2H])c([2H])c([2H])c([2H])c4[2H])c([2H])c(-c4c([2H])c([2H])c([2H])c([2H])c4[2H])c3[2H])c2)c([2H])c1[2H]. The van der Waals surface area contributed by atoms with Gasteiger partial charge in [-0.3, -0.25) is 13.7 Å². The second kappa shape index (κ2) is 20.5. The number of hydrogen-bond acceptors (Lipinski definition) is 2. The highest BCUT2D eigenvalue weighted by Crippen LogP contribution is 2.43. The summed E-state index contributed by atoms with van der Waals surface area (Å²) in [5.74, 6) is 1.17. The van der Waals surface area contributed by atoms with E-state index in [2.05, 4.69) is 27.1 Å². The second-order valence-corrected chi connectivity index (χ2v) is 19.7. The normalized spacial score (nSPS) is 16.5. The van der Waals surface area contributed by atoms with Crippen molar-refractivity contribution in [1.82, 2.24) is 14.1 Å². The zero-order valence-corrected chi connectivity index (χ0v) is 43.2. The van der Waals surface area contributed by atoms with E-state index in [0.717, 1.165) is 39.5 Å². The Balaban J connectivity index is 1.15. The summed E-state index contributed by atoms with van der Waals surface area (Å²) < 4.78 is 269. The molecule has 14 rings (SSSR count). The van der Waals surface area contributed by atoms with Gasteiger partial charge in [0.25, 0.3) is 6.33 Å². The van der Waals surface area contributed by atoms with Crippen LogP contribution in [0.2, 0.25) is 0 Å². The zero-order chi connectivity index (χ0) is 78.8. The zero-order valence-electron chi connectivity index (χ0n) is 71.2. The van der Waals surface area contributed by atoms with Gasteiger partial charge in [0.1, 0.15) is 17.3 Å². The molecule has 0 saturated carbocycles. The molecule has 3 heterocycles. The topological polar surface area (TPSA) is 35.9 Å². The van der Waals surface area contributed by atoms with Gasteiger partial charge in [0, 0.05) is 23.0 Å². The Morgan fingerprint density at radius 3 is 1.64 bits per heavy atom. The van der Waals surface area contributed by atoms with Gasteiger partial charge in [-0.2, -0.15) is 0 Å². The second-order valence-electron chi connectivity index (χ2n) is 19.7. The number of aromatic nitrogens is 4. The molecule has 11 aromatic carbocycles. The molecule has 5 heteroatoms. The van der Waals surface area contributed by atoms with Gasteiger partial charge in [0.05, 0.1) is 71.8 Å². The lowest BCUT2D eigenvalue weighted by Gasteiger charge is -2.21. The molecule has 0 aliphatic rings. The Hall–Kier alpha value is -10.4. The summed E-state index contributed by atoms with van der Waals surface area (Å²) in [4.78, 5) is 4.82. The molecular weight excluding hydrogens is 985 g/mol. The molecule has 0 fully saturated rings. The van der Waals surface area contributed by atoms with E-state index in [1.807, 2.05) is 53.1 Å². The van der Waals surface area contributed by atoms with Crippen LogP contribution in [0.15, 0.2) is 285 Å². The molecule has 14 aromatic rings. The van der Waals surface area contributed by atoms with Crippen LogP contribution in [0.3, 0.4) is 0 Å². The predicted molar refractivity (Wildman–Crippen MR) is 334 cm³/mol. The van der Waals surface area contributed by atoms with Crippen molar-refractivity contribution in [1.29, 1.82) is 0 Å². The highest BCUT2D eigenvalue weighted by Gasteiger charge is 2.24. The van der Waals surface area contributed by atoms with Gasteiger partial charge in [0.2, 0.25) is 0 Å². The van der Waals surface area contributed by atoms with Gasteiger partial charge in [-0.1, -0.05) is 208 Å². The van der Waals surface area contributed by atoms with E-state index in [0.29, 0.717) is 11.6 Å². The van der Waals surface area contributed by atoms with Crippen molar-refractivity contribution in [2.24, 2.45) is 0 Å². The van der Waals surface area contributed by atoms with E-state index in [9.17, 15) is 20.6 Å². The third-order valence-corrected chi connectivity index (χ3v) is 13.7. The number of nitrogens with zero attached hydrogens (tertiary/aromatic N) is 4. The van der Waals surface area contributed by atoms with Gasteiger partial charge in [-0.15, -0.1) is 0 Å². The fraction of sp³-hybridized carbons (Fsp3) is 0.0526. The van der Waals surface area contributed by atoms with Crippen LogP contribution >= 0.6 is 0 Å². The van der Waals surface area contributed by atoms with Crippen molar-refractivity contribution in [3.05, 3.63) is 296 Å². The molecule has 0 spiro atoms. The van der Waals surface area contributed by atoms with E-state index >= 15 is 0 Å². The molecule has 81 heavy (non-hydrogen) atoms. The van der Waals surface area contributed by atoms with Crippen molar-refractivity contribution in [3.63, 3.8) is 0 Å². The average molecular weight is 1070 g/mol. The summed E-state index contributed by atoms with van der Waals surface area (Å²) in [5, 5.41) is 1.80. The van der Waals surface area contributed by atoms with Gasteiger partial charge in [0.15, 0.2) is 0 Å². The maximum Gasteiger partial charge on any atom is 0.269 e. The molecule has 386 valence electrons. The first-order valence-electron chi connectivity index (χ1n) is 39.4. The van der Waals surface area contributed by atoms with Crippen LogP contribution < -0.4 is 9.30 Å². The van der Waals surface area contributed by atoms with Crippen LogP contribution in [-0.4, -0.2) is 14.1 Å². The number of imidazole rings is 1. The van der Waals surface area contributed by atoms with Crippen molar-refractivity contribution < 1.29 is 47.7 Å². The maximum absolute atomic E-state index is 10.5. The smallest absolute Gasteiger partial charge is 0.269 e.